The van der Waals surface area contributed by atoms with E-state index in [2.05, 4.69) is 23.8 Å². The van der Waals surface area contributed by atoms with Gasteiger partial charge in [-0.3, -0.25) is 19.2 Å². The number of amides is 3. The first-order valence-electron chi connectivity index (χ1n) is 14.3. The van der Waals surface area contributed by atoms with E-state index in [4.69, 9.17) is 15.5 Å². The number of carbonyl (C=O) groups is 4. The zero-order valence-corrected chi connectivity index (χ0v) is 25.4. The van der Waals surface area contributed by atoms with Crippen LogP contribution in [0.5, 0.6) is 0 Å². The molecule has 2 aliphatic heterocycles. The molecule has 6 N–H and O–H groups in total. The highest BCUT2D eigenvalue weighted by Crippen LogP contribution is 2.38. The predicted molar refractivity (Wildman–Crippen MR) is 166 cm³/mol. The summed E-state index contributed by atoms with van der Waals surface area (Å²) in [6.07, 6.45) is -0.910. The fourth-order valence-electron chi connectivity index (χ4n) is 5.05. The van der Waals surface area contributed by atoms with E-state index in [9.17, 15) is 29.1 Å². The molecular formula is C30H37BN6O7. The molecule has 14 heteroatoms. The summed E-state index contributed by atoms with van der Waals surface area (Å²) in [6, 6.07) is 5.99. The fraction of sp³-hybridized carbons (Fsp3) is 0.400. The number of carbonyl (C=O) groups excluding carboxylic acids is 4. The second-order valence-electron chi connectivity index (χ2n) is 9.63. The number of fused-ring (bicyclic) bond motifs is 5. The average Bonchev–Trinajstić information content (AvgIpc) is 3.41. The van der Waals surface area contributed by atoms with Gasteiger partial charge in [-0.05, 0) is 43.2 Å². The first-order valence-corrected chi connectivity index (χ1v) is 14.3. The minimum absolute atomic E-state index is 0.193. The Hall–Kier alpha value is -4.56. The van der Waals surface area contributed by atoms with E-state index in [0.717, 1.165) is 16.5 Å². The number of ether oxygens (including phenoxy) is 1. The highest BCUT2D eigenvalue weighted by atomic mass is 16.5. The van der Waals surface area contributed by atoms with Gasteiger partial charge in [0.05, 0.1) is 49.9 Å². The molecule has 0 saturated heterocycles. The number of hydrogen-bond donors (Lipinski definition) is 5. The molecule has 0 fully saturated rings. The number of esters is 1. The number of pyridine rings is 2. The predicted octanol–water partition coefficient (Wildman–Crippen LogP) is 0.825. The maximum atomic E-state index is 13.3. The summed E-state index contributed by atoms with van der Waals surface area (Å²) >= 11 is 0. The van der Waals surface area contributed by atoms with Gasteiger partial charge in [-0.2, -0.15) is 0 Å². The molecule has 2 radical (unpaired) electrons. The Labute approximate surface area is 256 Å². The van der Waals surface area contributed by atoms with E-state index >= 15 is 0 Å². The van der Waals surface area contributed by atoms with E-state index in [1.165, 1.54) is 13.7 Å². The normalized spacial score (nSPS) is 14.7. The quantitative estimate of drug-likeness (QED) is 0.150. The van der Waals surface area contributed by atoms with Crippen molar-refractivity contribution >= 4 is 48.1 Å². The van der Waals surface area contributed by atoms with Crippen LogP contribution in [0.4, 0.5) is 5.69 Å². The molecular weight excluding hydrogens is 567 g/mol. The van der Waals surface area contributed by atoms with Crippen molar-refractivity contribution in [2.24, 2.45) is 5.73 Å². The van der Waals surface area contributed by atoms with Crippen molar-refractivity contribution in [1.29, 1.82) is 0 Å². The van der Waals surface area contributed by atoms with Gasteiger partial charge < -0.3 is 36.1 Å². The van der Waals surface area contributed by atoms with Crippen LogP contribution in [0.1, 0.15) is 56.1 Å². The van der Waals surface area contributed by atoms with Gasteiger partial charge in [-0.1, -0.05) is 27.6 Å². The van der Waals surface area contributed by atoms with Crippen LogP contribution in [-0.4, -0.2) is 65.3 Å². The third kappa shape index (κ3) is 6.66. The topological polar surface area (TPSA) is 195 Å². The number of nitrogens with zero attached hydrogens (tertiary/aromatic N) is 2. The van der Waals surface area contributed by atoms with E-state index in [0.29, 0.717) is 29.0 Å². The van der Waals surface area contributed by atoms with Gasteiger partial charge in [-0.25, -0.2) is 9.78 Å². The molecule has 2 atom stereocenters. The SMILES string of the molecule is CC.CCc1c2c(nc3ccc(NC(=O)C(C)NC(=O)CNC(=O)CN)cc13)-c1cc3c(c(=O)n1C2)COC(=O)C3O.[B]C. The largest absolute Gasteiger partial charge is 0.458 e. The molecule has 4 heterocycles. The lowest BCUT2D eigenvalue weighted by molar-refractivity contribution is -0.157. The van der Waals surface area contributed by atoms with Crippen LogP contribution >= 0.6 is 0 Å². The van der Waals surface area contributed by atoms with Gasteiger partial charge in [0.25, 0.3) is 5.56 Å². The molecule has 232 valence electrons. The van der Waals surface area contributed by atoms with Crippen LogP contribution in [0.3, 0.4) is 0 Å². The summed E-state index contributed by atoms with van der Waals surface area (Å²) in [5.41, 5.74) is 9.40. The molecule has 0 spiro atoms. The van der Waals surface area contributed by atoms with E-state index in [-0.39, 0.29) is 42.9 Å². The van der Waals surface area contributed by atoms with Crippen molar-refractivity contribution in [3.05, 3.63) is 56.9 Å². The summed E-state index contributed by atoms with van der Waals surface area (Å²) in [6.45, 7) is 8.54. The van der Waals surface area contributed by atoms with E-state index < -0.39 is 35.8 Å². The summed E-state index contributed by atoms with van der Waals surface area (Å²) in [5, 5.41) is 18.8. The maximum Gasteiger partial charge on any atom is 0.340 e. The molecule has 5 rings (SSSR count). The third-order valence-corrected chi connectivity index (χ3v) is 7.10. The number of aliphatic hydroxyl groups is 1. The monoisotopic (exact) mass is 604 g/mol. The molecule has 0 bridgehead atoms. The lowest BCUT2D eigenvalue weighted by Crippen LogP contribution is -2.46. The molecule has 3 aromatic rings. The van der Waals surface area contributed by atoms with E-state index in [1.54, 1.807) is 28.8 Å². The fourth-order valence-corrected chi connectivity index (χ4v) is 5.05. The lowest BCUT2D eigenvalue weighted by atomic mass is 9.97. The molecule has 1 aromatic carbocycles. The van der Waals surface area contributed by atoms with Crippen LogP contribution in [0.15, 0.2) is 29.1 Å². The smallest absolute Gasteiger partial charge is 0.340 e. The molecule has 44 heavy (non-hydrogen) atoms. The number of nitrogens with one attached hydrogen (secondary N) is 3. The maximum absolute atomic E-state index is 13.3. The standard InChI is InChI=1S/C27H28N6O7.C2H6.CH3B/c1-3-14-15-6-13(31-25(37)12(2)30-22(35)9-29-21(34)8-28)4-5-19(15)32-23-17(14)10-33-20(23)7-16-18(26(33)38)11-40-27(39)24(16)36;2*1-2/h4-7,12,24,36H,3,8-11,28H2,1-2H3,(H,29,34)(H,30,35)(H,31,37);1-2H3;1H3. The summed E-state index contributed by atoms with van der Waals surface area (Å²) < 4.78 is 6.53. The van der Waals surface area contributed by atoms with Crippen LogP contribution < -0.4 is 27.2 Å². The molecule has 2 unspecified atom stereocenters. The van der Waals surface area contributed by atoms with Crippen LogP contribution in [-0.2, 0) is 43.5 Å². The second-order valence-corrected chi connectivity index (χ2v) is 9.63. The molecule has 0 aliphatic carbocycles. The van der Waals surface area contributed by atoms with Crippen molar-refractivity contribution in [1.82, 2.24) is 20.2 Å². The van der Waals surface area contributed by atoms with Crippen LogP contribution in [0.2, 0.25) is 6.82 Å². The van der Waals surface area contributed by atoms with Gasteiger partial charge in [0.15, 0.2) is 6.10 Å². The van der Waals surface area contributed by atoms with Gasteiger partial charge in [0.1, 0.15) is 12.6 Å². The zero-order valence-electron chi connectivity index (χ0n) is 25.4. The first kappa shape index (κ1) is 33.9. The van der Waals surface area contributed by atoms with Crippen LogP contribution in [0.25, 0.3) is 22.3 Å². The zero-order chi connectivity index (χ0) is 32.7. The number of nitrogens with two attached hydrogens (primary N) is 1. The third-order valence-electron chi connectivity index (χ3n) is 7.10. The summed E-state index contributed by atoms with van der Waals surface area (Å²) in [4.78, 5) is 65.9. The molecule has 2 aliphatic rings. The Morgan fingerprint density at radius 2 is 1.86 bits per heavy atom. The number of aryl methyl sites for hydroxylation is 1. The Kier molecular flexibility index (Phi) is 11.4. The number of benzene rings is 1. The van der Waals surface area contributed by atoms with Gasteiger partial charge in [0.2, 0.25) is 17.7 Å². The number of aromatic nitrogens is 2. The highest BCUT2D eigenvalue weighted by Gasteiger charge is 2.34. The number of aliphatic hydroxyl groups excluding tert-OH is 1. The summed E-state index contributed by atoms with van der Waals surface area (Å²) in [5.74, 6) is -2.26. The van der Waals surface area contributed by atoms with Crippen molar-refractivity contribution in [3.63, 3.8) is 0 Å². The van der Waals surface area contributed by atoms with Gasteiger partial charge >= 0.3 is 5.97 Å². The minimum atomic E-state index is -1.53. The number of rotatable bonds is 7. The Morgan fingerprint density at radius 1 is 1.16 bits per heavy atom. The average molecular weight is 604 g/mol. The first-order chi connectivity index (χ1) is 21.1. The van der Waals surface area contributed by atoms with Crippen molar-refractivity contribution in [3.8, 4) is 11.4 Å². The van der Waals surface area contributed by atoms with Crippen molar-refractivity contribution in [2.45, 2.75) is 66.2 Å². The molecule has 0 saturated carbocycles. The number of cyclic esters (lactones) is 1. The Morgan fingerprint density at radius 3 is 2.52 bits per heavy atom. The molecule has 3 amide bonds. The van der Waals surface area contributed by atoms with Gasteiger partial charge in [-0.15, -0.1) is 0 Å². The lowest BCUT2D eigenvalue weighted by Gasteiger charge is -2.21. The van der Waals surface area contributed by atoms with Gasteiger partial charge in [0, 0.05) is 22.2 Å². The second kappa shape index (κ2) is 14.8. The molecule has 2 aromatic heterocycles. The summed E-state index contributed by atoms with van der Waals surface area (Å²) in [7, 11) is 4.50. The number of hydrogen-bond acceptors (Lipinski definition) is 9. The minimum Gasteiger partial charge on any atom is -0.458 e. The molecule has 13 nitrogen and oxygen atoms in total. The van der Waals surface area contributed by atoms with Crippen molar-refractivity contribution < 1.29 is 29.0 Å². The number of anilines is 1. The Bertz CT molecular complexity index is 1660. The van der Waals surface area contributed by atoms with Crippen molar-refractivity contribution in [2.75, 3.05) is 18.4 Å². The van der Waals surface area contributed by atoms with Crippen LogP contribution in [0, 0.1) is 0 Å². The van der Waals surface area contributed by atoms with E-state index in [1.807, 2.05) is 20.8 Å². The highest BCUT2D eigenvalue weighted by molar-refractivity contribution is 6.05. The Balaban J connectivity index is 0.00000127.